The van der Waals surface area contributed by atoms with Crippen LogP contribution in [0, 0.1) is 18.8 Å². The summed E-state index contributed by atoms with van der Waals surface area (Å²) in [7, 11) is 1.50. The molecule has 1 rings (SSSR count). The molecule has 0 radical (unpaired) electrons. The maximum Gasteiger partial charge on any atom is 0.256 e. The van der Waals surface area contributed by atoms with Crippen LogP contribution in [0.25, 0.3) is 0 Å². The smallest absolute Gasteiger partial charge is 0.256 e. The van der Waals surface area contributed by atoms with Gasteiger partial charge in [-0.2, -0.15) is 0 Å². The lowest BCUT2D eigenvalue weighted by Gasteiger charge is -2.22. The van der Waals surface area contributed by atoms with Crippen molar-refractivity contribution in [1.29, 1.82) is 0 Å². The predicted molar refractivity (Wildman–Crippen MR) is 79.5 cm³/mol. The van der Waals surface area contributed by atoms with E-state index in [2.05, 4.69) is 17.2 Å². The van der Waals surface area contributed by atoms with Gasteiger partial charge in [-0.15, -0.1) is 0 Å². The Morgan fingerprint density at radius 1 is 1.45 bits per heavy atom. The van der Waals surface area contributed by atoms with Crippen molar-refractivity contribution >= 4 is 11.6 Å². The van der Waals surface area contributed by atoms with Crippen molar-refractivity contribution in [2.45, 2.75) is 32.8 Å². The van der Waals surface area contributed by atoms with Crippen molar-refractivity contribution in [3.63, 3.8) is 0 Å². The molecule has 1 amide bonds. The number of ether oxygens (including phenoxy) is 1. The maximum atomic E-state index is 12.1. The monoisotopic (exact) mass is 275 g/mol. The Balaban J connectivity index is 3.02. The highest BCUT2D eigenvalue weighted by molar-refractivity contribution is 5.97. The molecule has 0 aliphatic heterocycles. The quantitative estimate of drug-likeness (QED) is 0.827. The van der Waals surface area contributed by atoms with E-state index in [1.165, 1.54) is 7.11 Å². The number of carbonyl (C=O) groups is 1. The molecule has 4 nitrogen and oxygen atoms in total. The Bertz CT molecular complexity index is 538. The van der Waals surface area contributed by atoms with E-state index in [0.717, 1.165) is 11.1 Å². The fourth-order valence-electron chi connectivity index (χ4n) is 1.45. The normalized spacial score (nSPS) is 10.7. The molecule has 20 heavy (non-hydrogen) atoms. The zero-order valence-electron chi connectivity index (χ0n) is 12.4. The van der Waals surface area contributed by atoms with Crippen LogP contribution in [0.5, 0.6) is 0 Å². The van der Waals surface area contributed by atoms with Crippen LogP contribution in [0.3, 0.4) is 0 Å². The van der Waals surface area contributed by atoms with E-state index in [-0.39, 0.29) is 12.5 Å². The van der Waals surface area contributed by atoms with Gasteiger partial charge in [0, 0.05) is 19.1 Å². The first-order valence-corrected chi connectivity index (χ1v) is 6.47. The lowest BCUT2D eigenvalue weighted by molar-refractivity contribution is -0.133. The van der Waals surface area contributed by atoms with Crippen LogP contribution in [0.15, 0.2) is 18.2 Å². The maximum absolute atomic E-state index is 12.1. The first-order chi connectivity index (χ1) is 9.40. The summed E-state index contributed by atoms with van der Waals surface area (Å²) >= 11 is 0. The largest absolute Gasteiger partial charge is 0.395 e. The average Bonchev–Trinajstić information content (AvgIpc) is 2.41. The van der Waals surface area contributed by atoms with Crippen molar-refractivity contribution < 1.29 is 14.6 Å². The summed E-state index contributed by atoms with van der Waals surface area (Å²) in [5.41, 5.74) is 1.51. The van der Waals surface area contributed by atoms with Gasteiger partial charge in [-0.25, -0.2) is 0 Å². The Hall–Kier alpha value is -1.83. The number of benzene rings is 1. The zero-order valence-corrected chi connectivity index (χ0v) is 12.4. The van der Waals surface area contributed by atoms with Gasteiger partial charge in [-0.1, -0.05) is 17.9 Å². The molecule has 0 bridgehead atoms. The Labute approximate surface area is 120 Å². The highest BCUT2D eigenvalue weighted by atomic mass is 16.5. The Kier molecular flexibility index (Phi) is 5.75. The van der Waals surface area contributed by atoms with Crippen molar-refractivity contribution in [2.75, 3.05) is 19.0 Å². The summed E-state index contributed by atoms with van der Waals surface area (Å²) in [6.07, 6.45) is 0.408. The van der Waals surface area contributed by atoms with Gasteiger partial charge in [-0.3, -0.25) is 4.79 Å². The van der Waals surface area contributed by atoms with Crippen LogP contribution < -0.4 is 5.32 Å². The molecular formula is C16H21NO3. The summed E-state index contributed by atoms with van der Waals surface area (Å²) in [4.78, 5) is 12.1. The second-order valence-electron chi connectivity index (χ2n) is 4.99. The van der Waals surface area contributed by atoms with Gasteiger partial charge >= 0.3 is 0 Å². The summed E-state index contributed by atoms with van der Waals surface area (Å²) in [5, 5.41) is 11.6. The van der Waals surface area contributed by atoms with Gasteiger partial charge in [0.1, 0.15) is 5.60 Å². The molecule has 0 aliphatic carbocycles. The molecule has 1 aromatic carbocycles. The van der Waals surface area contributed by atoms with E-state index in [0.29, 0.717) is 12.1 Å². The molecule has 4 heteroatoms. The number of amides is 1. The molecule has 0 fully saturated rings. The van der Waals surface area contributed by atoms with E-state index in [4.69, 9.17) is 9.84 Å². The third-order valence-corrected chi connectivity index (χ3v) is 2.94. The molecule has 0 saturated carbocycles. The lowest BCUT2D eigenvalue weighted by atomic mass is 10.1. The average molecular weight is 275 g/mol. The lowest BCUT2D eigenvalue weighted by Crippen LogP contribution is -2.39. The van der Waals surface area contributed by atoms with Crippen molar-refractivity contribution in [3.8, 4) is 11.8 Å². The van der Waals surface area contributed by atoms with Crippen molar-refractivity contribution in [3.05, 3.63) is 29.3 Å². The molecule has 0 saturated heterocycles. The molecule has 0 aromatic heterocycles. The van der Waals surface area contributed by atoms with Crippen LogP contribution in [-0.2, 0) is 9.53 Å². The molecule has 2 N–H and O–H groups in total. The number of anilines is 1. The van der Waals surface area contributed by atoms with E-state index in [1.807, 2.05) is 25.1 Å². The molecule has 1 aromatic rings. The zero-order chi connectivity index (χ0) is 15.2. The van der Waals surface area contributed by atoms with Crippen LogP contribution >= 0.6 is 0 Å². The summed E-state index contributed by atoms with van der Waals surface area (Å²) in [6.45, 7) is 5.38. The number of rotatable bonds is 4. The van der Waals surface area contributed by atoms with Gasteiger partial charge < -0.3 is 15.2 Å². The third-order valence-electron chi connectivity index (χ3n) is 2.94. The van der Waals surface area contributed by atoms with E-state index >= 15 is 0 Å². The van der Waals surface area contributed by atoms with E-state index in [1.54, 1.807) is 13.8 Å². The molecule has 0 spiro atoms. The van der Waals surface area contributed by atoms with Gasteiger partial charge in [0.2, 0.25) is 0 Å². The van der Waals surface area contributed by atoms with E-state index in [9.17, 15) is 4.79 Å². The van der Waals surface area contributed by atoms with Crippen LogP contribution in [0.1, 0.15) is 31.4 Å². The van der Waals surface area contributed by atoms with Crippen LogP contribution in [-0.4, -0.2) is 30.3 Å². The van der Waals surface area contributed by atoms with Crippen LogP contribution in [0.4, 0.5) is 5.69 Å². The van der Waals surface area contributed by atoms with Gasteiger partial charge in [0.15, 0.2) is 0 Å². The van der Waals surface area contributed by atoms with Crippen LogP contribution in [0.2, 0.25) is 0 Å². The first kappa shape index (κ1) is 16.2. The topological polar surface area (TPSA) is 58.6 Å². The highest BCUT2D eigenvalue weighted by Crippen LogP contribution is 2.19. The minimum Gasteiger partial charge on any atom is -0.395 e. The van der Waals surface area contributed by atoms with Gasteiger partial charge in [0.05, 0.1) is 12.3 Å². The fourth-order valence-corrected chi connectivity index (χ4v) is 1.45. The van der Waals surface area contributed by atoms with E-state index < -0.39 is 5.60 Å². The number of aryl methyl sites for hydroxylation is 1. The molecular weight excluding hydrogens is 254 g/mol. The molecule has 0 unspecified atom stereocenters. The van der Waals surface area contributed by atoms with Crippen molar-refractivity contribution in [2.24, 2.45) is 0 Å². The Morgan fingerprint density at radius 2 is 2.15 bits per heavy atom. The van der Waals surface area contributed by atoms with Gasteiger partial charge in [0.25, 0.3) is 5.91 Å². The predicted octanol–water partition coefficient (Wildman–Crippen LogP) is 2.09. The Morgan fingerprint density at radius 3 is 2.75 bits per heavy atom. The standard InChI is InChI=1S/C16H21NO3/c1-12-8-9-13(7-5-6-10-18)14(11-12)17-15(19)16(2,3)20-4/h8-9,11,18H,6,10H2,1-4H3,(H,17,19). The number of aliphatic hydroxyl groups is 1. The summed E-state index contributed by atoms with van der Waals surface area (Å²) < 4.78 is 5.16. The highest BCUT2D eigenvalue weighted by Gasteiger charge is 2.27. The number of hydrogen-bond acceptors (Lipinski definition) is 3. The second kappa shape index (κ2) is 7.09. The molecule has 0 heterocycles. The summed E-state index contributed by atoms with van der Waals surface area (Å²) in [5.74, 6) is 5.58. The number of aliphatic hydroxyl groups excluding tert-OH is 1. The molecule has 108 valence electrons. The molecule has 0 atom stereocenters. The minimum atomic E-state index is -0.903. The number of hydrogen-bond donors (Lipinski definition) is 2. The third kappa shape index (κ3) is 4.37. The fraction of sp³-hybridized carbons (Fsp3) is 0.438. The number of methoxy groups -OCH3 is 1. The second-order valence-corrected chi connectivity index (χ2v) is 4.99. The SMILES string of the molecule is COC(C)(C)C(=O)Nc1cc(C)ccc1C#CCCO. The number of nitrogens with one attached hydrogen (secondary N) is 1. The minimum absolute atomic E-state index is 0.0251. The van der Waals surface area contributed by atoms with Crippen molar-refractivity contribution in [1.82, 2.24) is 0 Å². The first-order valence-electron chi connectivity index (χ1n) is 6.47. The number of carbonyl (C=O) groups excluding carboxylic acids is 1. The van der Waals surface area contributed by atoms with Gasteiger partial charge in [-0.05, 0) is 38.5 Å². The molecule has 0 aliphatic rings. The summed E-state index contributed by atoms with van der Waals surface area (Å²) in [6, 6.07) is 5.65.